The van der Waals surface area contributed by atoms with E-state index in [4.69, 9.17) is 4.74 Å². The van der Waals surface area contributed by atoms with Crippen molar-refractivity contribution in [2.45, 2.75) is 36.7 Å². The Hall–Kier alpha value is -2.13. The van der Waals surface area contributed by atoms with Crippen LogP contribution in [0.25, 0.3) is 0 Å². The first-order valence-electron chi connectivity index (χ1n) is 7.40. The summed E-state index contributed by atoms with van der Waals surface area (Å²) in [6.45, 7) is 1.44. The molecule has 0 saturated heterocycles. The smallest absolute Gasteiger partial charge is 0.326 e. The number of amides is 1. The molecular formula is C15H20N2O6S. The molecule has 1 atom stereocenters. The van der Waals surface area contributed by atoms with E-state index in [0.717, 1.165) is 12.8 Å². The van der Waals surface area contributed by atoms with Gasteiger partial charge in [0.15, 0.2) is 0 Å². The number of carboxylic acid groups (broad SMARTS) is 1. The Balaban J connectivity index is 2.46. The molecule has 2 N–H and O–H groups in total. The van der Waals surface area contributed by atoms with Crippen molar-refractivity contribution in [2.24, 2.45) is 0 Å². The van der Waals surface area contributed by atoms with Gasteiger partial charge in [-0.15, -0.1) is 0 Å². The molecule has 8 nitrogen and oxygen atoms in total. The van der Waals surface area contributed by atoms with E-state index in [-0.39, 0.29) is 22.3 Å². The van der Waals surface area contributed by atoms with Gasteiger partial charge in [0.1, 0.15) is 16.7 Å². The molecule has 24 heavy (non-hydrogen) atoms. The van der Waals surface area contributed by atoms with Crippen LogP contribution in [-0.4, -0.2) is 56.5 Å². The Morgan fingerprint density at radius 2 is 2.00 bits per heavy atom. The summed E-state index contributed by atoms with van der Waals surface area (Å²) in [7, 11) is -1.24. The minimum atomic E-state index is -3.83. The third kappa shape index (κ3) is 3.51. The zero-order valence-electron chi connectivity index (χ0n) is 13.6. The molecule has 1 unspecified atom stereocenters. The van der Waals surface area contributed by atoms with Gasteiger partial charge in [-0.25, -0.2) is 17.9 Å². The van der Waals surface area contributed by atoms with Crippen molar-refractivity contribution in [3.63, 3.8) is 0 Å². The van der Waals surface area contributed by atoms with Crippen molar-refractivity contribution in [1.29, 1.82) is 0 Å². The number of aliphatic carboxylic acids is 1. The van der Waals surface area contributed by atoms with E-state index in [2.05, 4.69) is 4.72 Å². The van der Waals surface area contributed by atoms with Crippen LogP contribution in [0.1, 0.15) is 30.1 Å². The summed E-state index contributed by atoms with van der Waals surface area (Å²) in [5.74, 6) is -1.51. The van der Waals surface area contributed by atoms with Crippen molar-refractivity contribution >= 4 is 21.9 Å². The quantitative estimate of drug-likeness (QED) is 0.743. The predicted octanol–water partition coefficient (Wildman–Crippen LogP) is 0.681. The van der Waals surface area contributed by atoms with Crippen LogP contribution >= 0.6 is 0 Å². The van der Waals surface area contributed by atoms with Gasteiger partial charge in [0, 0.05) is 11.6 Å². The summed E-state index contributed by atoms with van der Waals surface area (Å²) in [5, 5.41) is 9.21. The lowest BCUT2D eigenvalue weighted by Crippen LogP contribution is -2.44. The molecule has 1 saturated carbocycles. The number of hydrogen-bond donors (Lipinski definition) is 2. The van der Waals surface area contributed by atoms with Gasteiger partial charge in [-0.2, -0.15) is 0 Å². The lowest BCUT2D eigenvalue weighted by atomic mass is 10.1. The molecule has 0 aromatic heterocycles. The van der Waals surface area contributed by atoms with Crippen LogP contribution in [0.5, 0.6) is 5.75 Å². The first-order valence-corrected chi connectivity index (χ1v) is 8.88. The minimum absolute atomic E-state index is 0.102. The molecule has 0 heterocycles. The van der Waals surface area contributed by atoms with E-state index >= 15 is 0 Å². The van der Waals surface area contributed by atoms with Gasteiger partial charge >= 0.3 is 5.97 Å². The van der Waals surface area contributed by atoms with Crippen molar-refractivity contribution < 1.29 is 27.9 Å². The maximum atomic E-state index is 12.7. The Morgan fingerprint density at radius 1 is 1.38 bits per heavy atom. The van der Waals surface area contributed by atoms with Crippen LogP contribution in [-0.2, 0) is 14.8 Å². The molecule has 1 fully saturated rings. The van der Waals surface area contributed by atoms with Crippen LogP contribution in [0.2, 0.25) is 0 Å². The first-order chi connectivity index (χ1) is 11.2. The Bertz CT molecular complexity index is 757. The molecule has 1 aliphatic carbocycles. The second-order valence-corrected chi connectivity index (χ2v) is 7.39. The van der Waals surface area contributed by atoms with Gasteiger partial charge in [0.2, 0.25) is 10.0 Å². The highest BCUT2D eigenvalue weighted by molar-refractivity contribution is 7.89. The summed E-state index contributed by atoms with van der Waals surface area (Å²) in [6.07, 6.45) is 1.47. The molecule has 0 aliphatic heterocycles. The SMILES string of the molecule is CNS(=O)(=O)c1cc(C(=O)N(C2CC2)C(C)C(=O)O)ccc1OC. The van der Waals surface area contributed by atoms with E-state index in [1.165, 1.54) is 44.2 Å². The number of carboxylic acids is 1. The molecule has 1 aromatic carbocycles. The van der Waals surface area contributed by atoms with Gasteiger partial charge in [0.05, 0.1) is 7.11 Å². The van der Waals surface area contributed by atoms with Crippen LogP contribution in [0.3, 0.4) is 0 Å². The van der Waals surface area contributed by atoms with Crippen LogP contribution in [0.15, 0.2) is 23.1 Å². The number of sulfonamides is 1. The van der Waals surface area contributed by atoms with E-state index in [9.17, 15) is 23.1 Å². The number of carbonyl (C=O) groups is 2. The number of rotatable bonds is 7. The number of hydrogen-bond acceptors (Lipinski definition) is 5. The largest absolute Gasteiger partial charge is 0.495 e. The highest BCUT2D eigenvalue weighted by atomic mass is 32.2. The lowest BCUT2D eigenvalue weighted by Gasteiger charge is -2.26. The number of benzene rings is 1. The average molecular weight is 356 g/mol. The monoisotopic (exact) mass is 356 g/mol. The molecular weight excluding hydrogens is 336 g/mol. The third-order valence-corrected chi connectivity index (χ3v) is 5.35. The van der Waals surface area contributed by atoms with E-state index in [0.29, 0.717) is 0 Å². The molecule has 1 aliphatic rings. The summed E-state index contributed by atoms with van der Waals surface area (Å²) < 4.78 is 31.4. The fourth-order valence-corrected chi connectivity index (χ4v) is 3.33. The van der Waals surface area contributed by atoms with Crippen LogP contribution in [0.4, 0.5) is 0 Å². The number of ether oxygens (including phenoxy) is 1. The molecule has 0 radical (unpaired) electrons. The van der Waals surface area contributed by atoms with Crippen molar-refractivity contribution in [2.75, 3.05) is 14.2 Å². The highest BCUT2D eigenvalue weighted by Crippen LogP contribution is 2.32. The van der Waals surface area contributed by atoms with Gasteiger partial charge in [0.25, 0.3) is 5.91 Å². The average Bonchev–Trinajstić information content (AvgIpc) is 3.38. The summed E-state index contributed by atoms with van der Waals surface area (Å²) >= 11 is 0. The summed E-state index contributed by atoms with van der Waals surface area (Å²) in [5.41, 5.74) is 0.102. The number of nitrogens with one attached hydrogen (secondary N) is 1. The maximum absolute atomic E-state index is 12.7. The molecule has 0 bridgehead atoms. The molecule has 1 aromatic rings. The Kier molecular flexibility index (Phi) is 5.14. The second-order valence-electron chi connectivity index (χ2n) is 5.53. The first kappa shape index (κ1) is 18.2. The molecule has 2 rings (SSSR count). The zero-order valence-corrected chi connectivity index (χ0v) is 14.5. The summed E-state index contributed by atoms with van der Waals surface area (Å²) in [4.78, 5) is 25.1. The molecule has 132 valence electrons. The van der Waals surface area contributed by atoms with Crippen molar-refractivity contribution in [1.82, 2.24) is 9.62 Å². The number of nitrogens with zero attached hydrogens (tertiary/aromatic N) is 1. The second kappa shape index (κ2) is 6.78. The standard InChI is InChI=1S/C15H20N2O6S/c1-9(15(19)20)17(11-5-6-11)14(18)10-4-7-12(23-3)13(8-10)24(21,22)16-2/h4,7-9,11,16H,5-6H2,1-3H3,(H,19,20). The fourth-order valence-electron chi connectivity index (χ4n) is 2.41. The van der Waals surface area contributed by atoms with Gasteiger partial charge in [-0.05, 0) is 45.0 Å². The molecule has 0 spiro atoms. The van der Waals surface area contributed by atoms with Crippen molar-refractivity contribution in [3.05, 3.63) is 23.8 Å². The molecule has 1 amide bonds. The topological polar surface area (TPSA) is 113 Å². The zero-order chi connectivity index (χ0) is 18.1. The molecule has 9 heteroatoms. The Labute approximate surface area is 140 Å². The number of methoxy groups -OCH3 is 1. The highest BCUT2D eigenvalue weighted by Gasteiger charge is 2.39. The van der Waals surface area contributed by atoms with Crippen LogP contribution in [0, 0.1) is 0 Å². The fraction of sp³-hybridized carbons (Fsp3) is 0.467. The maximum Gasteiger partial charge on any atom is 0.326 e. The minimum Gasteiger partial charge on any atom is -0.495 e. The normalized spacial score (nSPS) is 15.6. The van der Waals surface area contributed by atoms with Gasteiger partial charge in [-0.1, -0.05) is 0 Å². The predicted molar refractivity (Wildman–Crippen MR) is 85.5 cm³/mol. The van der Waals surface area contributed by atoms with Crippen molar-refractivity contribution in [3.8, 4) is 5.75 Å². The third-order valence-electron chi connectivity index (χ3n) is 3.92. The van der Waals surface area contributed by atoms with Crippen LogP contribution < -0.4 is 9.46 Å². The van der Waals surface area contributed by atoms with Gasteiger partial charge in [-0.3, -0.25) is 4.79 Å². The van der Waals surface area contributed by atoms with E-state index < -0.39 is 27.9 Å². The lowest BCUT2D eigenvalue weighted by molar-refractivity contribution is -0.141. The van der Waals surface area contributed by atoms with E-state index in [1.807, 2.05) is 0 Å². The summed E-state index contributed by atoms with van der Waals surface area (Å²) in [6, 6.07) is 2.90. The Morgan fingerprint density at radius 3 is 2.46 bits per heavy atom. The van der Waals surface area contributed by atoms with E-state index in [1.54, 1.807) is 0 Å². The van der Waals surface area contributed by atoms with Gasteiger partial charge < -0.3 is 14.7 Å². The number of carbonyl (C=O) groups excluding carboxylic acids is 1.